The fourth-order valence-electron chi connectivity index (χ4n) is 3.54. The van der Waals surface area contributed by atoms with E-state index in [1.165, 1.54) is 23.1 Å². The third-order valence-corrected chi connectivity index (χ3v) is 7.08. The molecule has 7 nitrogen and oxygen atoms in total. The van der Waals surface area contributed by atoms with Crippen LogP contribution in [0.2, 0.25) is 0 Å². The number of aromatic carboxylic acids is 1. The minimum atomic E-state index is -1.02. The largest absolute Gasteiger partial charge is 0.476 e. The van der Waals surface area contributed by atoms with E-state index < -0.39 is 5.97 Å². The number of benzene rings is 1. The number of aryl methyl sites for hydroxylation is 1. The van der Waals surface area contributed by atoms with Crippen molar-refractivity contribution in [2.24, 2.45) is 0 Å². The molecule has 30 heavy (non-hydrogen) atoms. The number of carboxylic acids is 1. The van der Waals surface area contributed by atoms with Gasteiger partial charge < -0.3 is 15.3 Å². The summed E-state index contributed by atoms with van der Waals surface area (Å²) in [6.07, 6.45) is 1.41. The van der Waals surface area contributed by atoms with Crippen LogP contribution in [0.25, 0.3) is 10.9 Å². The van der Waals surface area contributed by atoms with E-state index in [1.807, 2.05) is 30.0 Å². The predicted octanol–water partition coefficient (Wildman–Crippen LogP) is 3.89. The van der Waals surface area contributed by atoms with Gasteiger partial charge in [0.15, 0.2) is 10.0 Å². The molecule has 156 valence electrons. The van der Waals surface area contributed by atoms with Crippen LogP contribution < -0.4 is 5.32 Å². The Hall–Kier alpha value is -2.65. The van der Waals surface area contributed by atoms with Crippen LogP contribution in [-0.2, 0) is 4.79 Å². The Morgan fingerprint density at radius 2 is 2.20 bits per heavy atom. The normalized spacial score (nSPS) is 16.4. The summed E-state index contributed by atoms with van der Waals surface area (Å²) < 4.78 is 0.716. The maximum absolute atomic E-state index is 12.3. The van der Waals surface area contributed by atoms with Crippen LogP contribution >= 0.6 is 23.1 Å². The number of carboxylic acid groups (broad SMARTS) is 1. The number of rotatable bonds is 8. The second-order valence-electron chi connectivity index (χ2n) is 7.17. The number of nitrogens with zero attached hydrogens (tertiary/aromatic N) is 3. The van der Waals surface area contributed by atoms with Crippen LogP contribution in [0, 0.1) is 6.92 Å². The first-order valence-corrected chi connectivity index (χ1v) is 11.6. The van der Waals surface area contributed by atoms with E-state index >= 15 is 0 Å². The van der Waals surface area contributed by atoms with E-state index in [0.717, 1.165) is 28.7 Å². The number of thioether (sulfide) groups is 1. The average Bonchev–Trinajstić information content (AvgIpc) is 3.34. The monoisotopic (exact) mass is 442 g/mol. The maximum atomic E-state index is 12.3. The molecule has 3 aromatic rings. The molecule has 9 heteroatoms. The fraction of sp³-hybridized carbons (Fsp3) is 0.333. The molecule has 0 aliphatic carbocycles. The second kappa shape index (κ2) is 9.01. The SMILES string of the molecule is Cc1ccc2cc(NC[C@H]3CCC(=O)N3CCSc3nc(C(=O)O)cs3)ccc2n1. The van der Waals surface area contributed by atoms with E-state index in [1.54, 1.807) is 5.38 Å². The van der Waals surface area contributed by atoms with Gasteiger partial charge in [0.1, 0.15) is 0 Å². The summed E-state index contributed by atoms with van der Waals surface area (Å²) in [7, 11) is 0. The number of thiazole rings is 1. The summed E-state index contributed by atoms with van der Waals surface area (Å²) in [6.45, 7) is 3.30. The van der Waals surface area contributed by atoms with E-state index in [9.17, 15) is 9.59 Å². The van der Waals surface area contributed by atoms with Gasteiger partial charge in [-0.1, -0.05) is 17.8 Å². The highest BCUT2D eigenvalue weighted by molar-refractivity contribution is 8.01. The Balaban J connectivity index is 1.32. The lowest BCUT2D eigenvalue weighted by molar-refractivity contribution is -0.128. The van der Waals surface area contributed by atoms with Crippen LogP contribution in [0.5, 0.6) is 0 Å². The molecule has 0 unspecified atom stereocenters. The summed E-state index contributed by atoms with van der Waals surface area (Å²) in [5.41, 5.74) is 3.06. The molecule has 1 aromatic carbocycles. The predicted molar refractivity (Wildman–Crippen MR) is 120 cm³/mol. The molecule has 1 atom stereocenters. The van der Waals surface area contributed by atoms with E-state index in [2.05, 4.69) is 27.4 Å². The summed E-state index contributed by atoms with van der Waals surface area (Å²) in [5.74, 6) is -0.153. The first-order valence-electron chi connectivity index (χ1n) is 9.72. The molecule has 0 radical (unpaired) electrons. The Morgan fingerprint density at radius 3 is 3.00 bits per heavy atom. The molecule has 2 aromatic heterocycles. The minimum absolute atomic E-state index is 0.0718. The van der Waals surface area contributed by atoms with E-state index in [-0.39, 0.29) is 17.6 Å². The number of anilines is 1. The van der Waals surface area contributed by atoms with Crippen molar-refractivity contribution in [2.75, 3.05) is 24.2 Å². The first kappa shape index (κ1) is 20.6. The number of hydrogen-bond acceptors (Lipinski definition) is 7. The second-order valence-corrected chi connectivity index (χ2v) is 9.37. The Morgan fingerprint density at radius 1 is 1.33 bits per heavy atom. The zero-order valence-electron chi connectivity index (χ0n) is 16.5. The smallest absolute Gasteiger partial charge is 0.355 e. The fourth-order valence-corrected chi connectivity index (χ4v) is 5.35. The number of carbonyl (C=O) groups excluding carboxylic acids is 1. The van der Waals surface area contributed by atoms with Crippen molar-refractivity contribution >= 4 is 51.6 Å². The van der Waals surface area contributed by atoms with Gasteiger partial charge in [-0.05, 0) is 37.6 Å². The van der Waals surface area contributed by atoms with Crippen LogP contribution in [0.3, 0.4) is 0 Å². The van der Waals surface area contributed by atoms with Crippen molar-refractivity contribution in [1.82, 2.24) is 14.9 Å². The molecule has 1 amide bonds. The van der Waals surface area contributed by atoms with Crippen molar-refractivity contribution in [3.63, 3.8) is 0 Å². The van der Waals surface area contributed by atoms with Crippen molar-refractivity contribution in [3.8, 4) is 0 Å². The molecule has 1 fully saturated rings. The molecule has 3 heterocycles. The van der Waals surface area contributed by atoms with Gasteiger partial charge in [0.25, 0.3) is 0 Å². The molecule has 0 saturated carbocycles. The van der Waals surface area contributed by atoms with Gasteiger partial charge in [-0.3, -0.25) is 9.78 Å². The van der Waals surface area contributed by atoms with Crippen molar-refractivity contribution < 1.29 is 14.7 Å². The third kappa shape index (κ3) is 4.73. The standard InChI is InChI=1S/C21H22N4O3S2/c1-13-2-3-14-10-15(4-6-17(14)23-13)22-11-16-5-7-19(26)25(16)8-9-29-21-24-18(12-30-21)20(27)28/h2-4,6,10,12,16,22H,5,7-9,11H2,1H3,(H,27,28)/t16-/m1/s1. The summed E-state index contributed by atoms with van der Waals surface area (Å²) >= 11 is 2.81. The number of carbonyl (C=O) groups is 2. The van der Waals surface area contributed by atoms with Gasteiger partial charge >= 0.3 is 5.97 Å². The number of amides is 1. The van der Waals surface area contributed by atoms with Gasteiger partial charge in [0.2, 0.25) is 5.91 Å². The van der Waals surface area contributed by atoms with Gasteiger partial charge in [-0.25, -0.2) is 9.78 Å². The molecule has 0 spiro atoms. The van der Waals surface area contributed by atoms with Gasteiger partial charge in [0.05, 0.1) is 5.52 Å². The van der Waals surface area contributed by atoms with Crippen LogP contribution in [0.15, 0.2) is 40.1 Å². The van der Waals surface area contributed by atoms with Gasteiger partial charge in [-0.15, -0.1) is 11.3 Å². The molecule has 2 N–H and O–H groups in total. The summed E-state index contributed by atoms with van der Waals surface area (Å²) in [6, 6.07) is 10.3. The zero-order valence-corrected chi connectivity index (χ0v) is 18.1. The maximum Gasteiger partial charge on any atom is 0.355 e. The molecule has 1 aliphatic rings. The highest BCUT2D eigenvalue weighted by Gasteiger charge is 2.30. The summed E-state index contributed by atoms with van der Waals surface area (Å²) in [4.78, 5) is 33.8. The first-order chi connectivity index (χ1) is 14.5. The number of likely N-dealkylation sites (tertiary alicyclic amines) is 1. The molecule has 1 aliphatic heterocycles. The Kier molecular flexibility index (Phi) is 6.19. The average molecular weight is 443 g/mol. The molecular formula is C21H22N4O3S2. The number of hydrogen-bond donors (Lipinski definition) is 2. The number of aromatic nitrogens is 2. The Bertz CT molecular complexity index is 1090. The molecular weight excluding hydrogens is 420 g/mol. The highest BCUT2D eigenvalue weighted by Crippen LogP contribution is 2.25. The zero-order chi connectivity index (χ0) is 21.1. The third-order valence-electron chi connectivity index (χ3n) is 5.08. The van der Waals surface area contributed by atoms with Crippen LogP contribution in [0.4, 0.5) is 5.69 Å². The lowest BCUT2D eigenvalue weighted by Crippen LogP contribution is -2.39. The van der Waals surface area contributed by atoms with Crippen LogP contribution in [-0.4, -0.2) is 56.7 Å². The highest BCUT2D eigenvalue weighted by atomic mass is 32.2. The lowest BCUT2D eigenvalue weighted by atomic mass is 10.1. The van der Waals surface area contributed by atoms with Crippen molar-refractivity contribution in [2.45, 2.75) is 30.1 Å². The summed E-state index contributed by atoms with van der Waals surface area (Å²) in [5, 5.41) is 15.1. The minimum Gasteiger partial charge on any atom is -0.476 e. The topological polar surface area (TPSA) is 95.4 Å². The lowest BCUT2D eigenvalue weighted by Gasteiger charge is -2.25. The van der Waals surface area contributed by atoms with Crippen LogP contribution in [0.1, 0.15) is 29.0 Å². The number of fused-ring (bicyclic) bond motifs is 1. The molecule has 0 bridgehead atoms. The Labute approximate surface area is 182 Å². The van der Waals surface area contributed by atoms with Crippen molar-refractivity contribution in [3.05, 3.63) is 47.1 Å². The van der Waals surface area contributed by atoms with Gasteiger partial charge in [-0.2, -0.15) is 0 Å². The van der Waals surface area contributed by atoms with Gasteiger partial charge in [0, 0.05) is 53.5 Å². The van der Waals surface area contributed by atoms with E-state index in [0.29, 0.717) is 29.6 Å². The number of pyridine rings is 1. The van der Waals surface area contributed by atoms with Crippen molar-refractivity contribution in [1.29, 1.82) is 0 Å². The quantitative estimate of drug-likeness (QED) is 0.511. The number of nitrogens with one attached hydrogen (secondary N) is 1. The molecule has 4 rings (SSSR count). The van der Waals surface area contributed by atoms with E-state index in [4.69, 9.17) is 5.11 Å². The molecule has 1 saturated heterocycles.